The van der Waals surface area contributed by atoms with Crippen LogP contribution in [-0.4, -0.2) is 10.2 Å². The van der Waals surface area contributed by atoms with Gasteiger partial charge in [0.25, 0.3) is 0 Å². The van der Waals surface area contributed by atoms with Crippen LogP contribution in [0.4, 0.5) is 5.69 Å². The predicted octanol–water partition coefficient (Wildman–Crippen LogP) is 4.09. The van der Waals surface area contributed by atoms with Crippen LogP contribution in [0.1, 0.15) is 37.3 Å². The van der Waals surface area contributed by atoms with Gasteiger partial charge in [-0.15, -0.1) is 23.2 Å². The van der Waals surface area contributed by atoms with E-state index in [0.29, 0.717) is 6.42 Å². The normalized spacial score (nSPS) is 27.5. The summed E-state index contributed by atoms with van der Waals surface area (Å²) in [5, 5.41) is 3.02. The van der Waals surface area contributed by atoms with E-state index in [4.69, 9.17) is 23.2 Å². The van der Waals surface area contributed by atoms with E-state index in [1.54, 1.807) is 0 Å². The summed E-state index contributed by atoms with van der Waals surface area (Å²) in [4.78, 5) is 12.3. The van der Waals surface area contributed by atoms with E-state index >= 15 is 0 Å². The van der Waals surface area contributed by atoms with Crippen LogP contribution in [0.3, 0.4) is 0 Å². The van der Waals surface area contributed by atoms with Gasteiger partial charge in [-0.2, -0.15) is 0 Å². The Morgan fingerprint density at radius 3 is 2.63 bits per heavy atom. The van der Waals surface area contributed by atoms with Crippen molar-refractivity contribution in [3.8, 4) is 0 Å². The van der Waals surface area contributed by atoms with Crippen LogP contribution in [0, 0.1) is 5.41 Å². The van der Waals surface area contributed by atoms with Gasteiger partial charge in [0, 0.05) is 5.69 Å². The molecule has 1 saturated carbocycles. The second-order valence-corrected chi connectivity index (χ2v) is 7.30. The molecule has 0 spiro atoms. The van der Waals surface area contributed by atoms with Crippen molar-refractivity contribution < 1.29 is 4.79 Å². The third kappa shape index (κ3) is 2.15. The van der Waals surface area contributed by atoms with E-state index in [2.05, 4.69) is 11.4 Å². The SMILES string of the molecule is CC1(C(=O)Nc2cccc3c2CCCC3)CC1(Cl)Cl. The third-order valence-electron chi connectivity index (χ3n) is 4.40. The summed E-state index contributed by atoms with van der Waals surface area (Å²) >= 11 is 12.1. The molecule has 1 amide bonds. The number of carbonyl (C=O) groups excluding carboxylic acids is 1. The zero-order valence-corrected chi connectivity index (χ0v) is 12.4. The average Bonchev–Trinajstić information content (AvgIpc) is 2.90. The van der Waals surface area contributed by atoms with Crippen LogP contribution >= 0.6 is 23.2 Å². The van der Waals surface area contributed by atoms with Crippen molar-refractivity contribution in [1.29, 1.82) is 0 Å². The van der Waals surface area contributed by atoms with Gasteiger partial charge in [-0.3, -0.25) is 4.79 Å². The Morgan fingerprint density at radius 2 is 1.95 bits per heavy atom. The smallest absolute Gasteiger partial charge is 0.233 e. The molecule has 0 aliphatic heterocycles. The van der Waals surface area contributed by atoms with Gasteiger partial charge in [-0.05, 0) is 56.2 Å². The number of anilines is 1. The van der Waals surface area contributed by atoms with E-state index in [1.165, 1.54) is 24.0 Å². The predicted molar refractivity (Wildman–Crippen MR) is 78.9 cm³/mol. The lowest BCUT2D eigenvalue weighted by Gasteiger charge is -2.21. The monoisotopic (exact) mass is 297 g/mol. The second kappa shape index (κ2) is 4.39. The summed E-state index contributed by atoms with van der Waals surface area (Å²) in [7, 11) is 0. The van der Waals surface area contributed by atoms with Gasteiger partial charge in [-0.1, -0.05) is 12.1 Å². The number of aryl methyl sites for hydroxylation is 1. The minimum Gasteiger partial charge on any atom is -0.325 e. The fourth-order valence-corrected chi connectivity index (χ4v) is 3.51. The molecule has 1 atom stereocenters. The molecule has 1 aromatic rings. The van der Waals surface area contributed by atoms with Crippen LogP contribution < -0.4 is 5.32 Å². The van der Waals surface area contributed by atoms with Crippen molar-refractivity contribution >= 4 is 34.8 Å². The molecule has 19 heavy (non-hydrogen) atoms. The van der Waals surface area contributed by atoms with E-state index in [9.17, 15) is 4.79 Å². The maximum absolute atomic E-state index is 12.3. The molecule has 1 aromatic carbocycles. The highest BCUT2D eigenvalue weighted by Gasteiger charge is 2.67. The molecule has 0 heterocycles. The summed E-state index contributed by atoms with van der Waals surface area (Å²) in [6.07, 6.45) is 5.07. The minimum absolute atomic E-state index is 0.0727. The van der Waals surface area contributed by atoms with Crippen LogP contribution in [0.5, 0.6) is 0 Å². The number of halogens is 2. The molecule has 0 bridgehead atoms. The fourth-order valence-electron chi connectivity index (χ4n) is 2.80. The molecule has 1 N–H and O–H groups in total. The molecule has 0 aromatic heterocycles. The van der Waals surface area contributed by atoms with Crippen molar-refractivity contribution in [2.75, 3.05) is 5.32 Å². The first-order valence-corrected chi connectivity index (χ1v) is 7.50. The highest BCUT2D eigenvalue weighted by atomic mass is 35.5. The summed E-state index contributed by atoms with van der Waals surface area (Å²) in [6, 6.07) is 6.12. The molecule has 1 fully saturated rings. The number of carbonyl (C=O) groups is 1. The molecule has 0 radical (unpaired) electrons. The van der Waals surface area contributed by atoms with Gasteiger partial charge in [0.05, 0.1) is 5.41 Å². The van der Waals surface area contributed by atoms with Crippen LogP contribution in [0.2, 0.25) is 0 Å². The van der Waals surface area contributed by atoms with Crippen molar-refractivity contribution in [1.82, 2.24) is 0 Å². The quantitative estimate of drug-likeness (QED) is 0.819. The molecule has 2 aliphatic rings. The number of hydrogen-bond donors (Lipinski definition) is 1. The van der Waals surface area contributed by atoms with Crippen LogP contribution in [0.15, 0.2) is 18.2 Å². The molecule has 3 rings (SSSR count). The first-order valence-electron chi connectivity index (χ1n) is 6.74. The van der Waals surface area contributed by atoms with Crippen molar-refractivity contribution in [3.63, 3.8) is 0 Å². The van der Waals surface area contributed by atoms with Crippen LogP contribution in [-0.2, 0) is 17.6 Å². The summed E-state index contributed by atoms with van der Waals surface area (Å²) in [6.45, 7) is 1.82. The topological polar surface area (TPSA) is 29.1 Å². The molecule has 2 nitrogen and oxygen atoms in total. The second-order valence-electron chi connectivity index (χ2n) is 5.82. The molecule has 1 unspecified atom stereocenters. The number of nitrogens with one attached hydrogen (secondary N) is 1. The Bertz CT molecular complexity index is 541. The molecule has 4 heteroatoms. The Balaban J connectivity index is 1.83. The van der Waals surface area contributed by atoms with Crippen molar-refractivity contribution in [2.24, 2.45) is 5.41 Å². The minimum atomic E-state index is -0.911. The Morgan fingerprint density at radius 1 is 1.26 bits per heavy atom. The molecular weight excluding hydrogens is 281 g/mol. The van der Waals surface area contributed by atoms with Gasteiger partial charge in [0.15, 0.2) is 0 Å². The summed E-state index contributed by atoms with van der Waals surface area (Å²) in [5.74, 6) is -0.0727. The standard InChI is InChI=1S/C15H17Cl2NO/c1-14(9-15(14,16)17)13(19)18-12-8-4-6-10-5-2-3-7-11(10)12/h4,6,8H,2-3,5,7,9H2,1H3,(H,18,19). The van der Waals surface area contributed by atoms with Gasteiger partial charge >= 0.3 is 0 Å². The third-order valence-corrected chi connectivity index (χ3v) is 5.50. The Kier molecular flexibility index (Phi) is 3.06. The fraction of sp³-hybridized carbons (Fsp3) is 0.533. The molecular formula is C15H17Cl2NO. The van der Waals surface area contributed by atoms with Crippen molar-refractivity contribution in [3.05, 3.63) is 29.3 Å². The number of fused-ring (bicyclic) bond motifs is 1. The highest BCUT2D eigenvalue weighted by Crippen LogP contribution is 2.64. The lowest BCUT2D eigenvalue weighted by molar-refractivity contribution is -0.120. The molecule has 102 valence electrons. The molecule has 0 saturated heterocycles. The van der Waals surface area contributed by atoms with Crippen molar-refractivity contribution in [2.45, 2.75) is 43.4 Å². The number of hydrogen-bond acceptors (Lipinski definition) is 1. The Hall–Kier alpha value is -0.730. The van der Waals surface area contributed by atoms with E-state index < -0.39 is 9.75 Å². The summed E-state index contributed by atoms with van der Waals surface area (Å²) in [5.41, 5.74) is 2.90. The maximum Gasteiger partial charge on any atom is 0.233 e. The number of rotatable bonds is 2. The largest absolute Gasteiger partial charge is 0.325 e. The maximum atomic E-state index is 12.3. The van der Waals surface area contributed by atoms with Gasteiger partial charge in [0.2, 0.25) is 5.91 Å². The van der Waals surface area contributed by atoms with E-state index in [1.807, 2.05) is 19.1 Å². The number of alkyl halides is 2. The van der Waals surface area contributed by atoms with Gasteiger partial charge in [0.1, 0.15) is 4.33 Å². The summed E-state index contributed by atoms with van der Waals surface area (Å²) < 4.78 is -0.911. The lowest BCUT2D eigenvalue weighted by Crippen LogP contribution is -2.26. The van der Waals surface area contributed by atoms with E-state index in [-0.39, 0.29) is 5.91 Å². The average molecular weight is 298 g/mol. The zero-order chi connectivity index (χ0) is 13.7. The number of benzene rings is 1. The zero-order valence-electron chi connectivity index (χ0n) is 10.9. The van der Waals surface area contributed by atoms with Gasteiger partial charge in [-0.25, -0.2) is 0 Å². The highest BCUT2D eigenvalue weighted by molar-refractivity contribution is 6.53. The Labute approximate surface area is 123 Å². The molecule has 2 aliphatic carbocycles. The van der Waals surface area contributed by atoms with E-state index in [0.717, 1.165) is 18.5 Å². The first-order chi connectivity index (χ1) is 8.94. The van der Waals surface area contributed by atoms with Crippen LogP contribution in [0.25, 0.3) is 0 Å². The lowest BCUT2D eigenvalue weighted by atomic mass is 9.90. The first kappa shape index (κ1) is 13.3. The van der Waals surface area contributed by atoms with Gasteiger partial charge < -0.3 is 5.32 Å². The number of amides is 1.